The van der Waals surface area contributed by atoms with Crippen LogP contribution >= 0.6 is 0 Å². The van der Waals surface area contributed by atoms with Gasteiger partial charge in [0.15, 0.2) is 0 Å². The Morgan fingerprint density at radius 1 is 1.07 bits per heavy atom. The van der Waals surface area contributed by atoms with Gasteiger partial charge in [0.25, 0.3) is 0 Å². The molecular formula is C22H27N3O4S. The summed E-state index contributed by atoms with van der Waals surface area (Å²) >= 11 is 0. The average molecular weight is 430 g/mol. The van der Waals surface area contributed by atoms with Crippen molar-refractivity contribution in [1.29, 1.82) is 0 Å². The summed E-state index contributed by atoms with van der Waals surface area (Å²) in [5.41, 5.74) is 1.65. The molecule has 30 heavy (non-hydrogen) atoms. The third kappa shape index (κ3) is 5.01. The second-order valence-corrected chi connectivity index (χ2v) is 9.15. The smallest absolute Gasteiger partial charge is 0.233 e. The van der Waals surface area contributed by atoms with Gasteiger partial charge in [-0.25, -0.2) is 8.42 Å². The lowest BCUT2D eigenvalue weighted by Crippen LogP contribution is -2.17. The molecule has 0 fully saturated rings. The van der Waals surface area contributed by atoms with Gasteiger partial charge in [0, 0.05) is 12.1 Å². The maximum Gasteiger partial charge on any atom is 0.233 e. The van der Waals surface area contributed by atoms with E-state index in [2.05, 4.69) is 15.2 Å². The Morgan fingerprint density at radius 2 is 1.73 bits per heavy atom. The summed E-state index contributed by atoms with van der Waals surface area (Å²) in [5, 5.41) is 3.00. The van der Waals surface area contributed by atoms with Crippen molar-refractivity contribution in [2.75, 3.05) is 39.6 Å². The lowest BCUT2D eigenvalue weighted by molar-refractivity contribution is 0.404. The molecule has 2 aromatic carbocycles. The van der Waals surface area contributed by atoms with Crippen molar-refractivity contribution in [1.82, 2.24) is 9.88 Å². The van der Waals surface area contributed by atoms with Crippen molar-refractivity contribution in [3.63, 3.8) is 0 Å². The highest BCUT2D eigenvalue weighted by Crippen LogP contribution is 2.33. The van der Waals surface area contributed by atoms with E-state index in [1.165, 1.54) is 0 Å². The molecular weight excluding hydrogens is 402 g/mol. The second-order valence-electron chi connectivity index (χ2n) is 7.28. The van der Waals surface area contributed by atoms with Crippen LogP contribution < -0.4 is 10.1 Å². The number of nitrogens with zero attached hydrogens (tertiary/aromatic N) is 2. The van der Waals surface area contributed by atoms with Gasteiger partial charge in [-0.05, 0) is 70.4 Å². The number of sulfone groups is 1. The van der Waals surface area contributed by atoms with Crippen molar-refractivity contribution in [3.8, 4) is 17.2 Å². The standard InChI is InChI=1S/C22H27N3O4S/c1-16-6-12-19(13-7-16)30(26,27)22-21(23-14-5-15-25(2)3)29-20(24-22)17-8-10-18(28-4)11-9-17/h6-13,23H,5,14-15H2,1-4H3. The first-order valence-corrected chi connectivity index (χ1v) is 11.1. The van der Waals surface area contributed by atoms with E-state index in [0.29, 0.717) is 17.9 Å². The number of hydrogen-bond donors (Lipinski definition) is 1. The zero-order valence-electron chi connectivity index (χ0n) is 17.7. The van der Waals surface area contributed by atoms with Crippen molar-refractivity contribution in [2.45, 2.75) is 23.3 Å². The molecule has 0 saturated carbocycles. The van der Waals surface area contributed by atoms with Crippen LogP contribution in [0.4, 0.5) is 5.88 Å². The van der Waals surface area contributed by atoms with Gasteiger partial charge in [-0.1, -0.05) is 17.7 Å². The third-order valence-electron chi connectivity index (χ3n) is 4.59. The number of oxazole rings is 1. The largest absolute Gasteiger partial charge is 0.497 e. The fourth-order valence-corrected chi connectivity index (χ4v) is 4.16. The molecule has 0 aliphatic carbocycles. The van der Waals surface area contributed by atoms with Gasteiger partial charge >= 0.3 is 0 Å². The Morgan fingerprint density at radius 3 is 2.33 bits per heavy atom. The van der Waals surface area contributed by atoms with Crippen molar-refractivity contribution in [2.24, 2.45) is 0 Å². The van der Waals surface area contributed by atoms with E-state index in [-0.39, 0.29) is 21.7 Å². The molecule has 1 heterocycles. The number of aryl methyl sites for hydroxylation is 1. The topological polar surface area (TPSA) is 84.7 Å². The highest BCUT2D eigenvalue weighted by molar-refractivity contribution is 7.91. The van der Waals surface area contributed by atoms with Gasteiger partial charge in [0.2, 0.25) is 26.6 Å². The van der Waals surface area contributed by atoms with Crippen LogP contribution in [0.2, 0.25) is 0 Å². The summed E-state index contributed by atoms with van der Waals surface area (Å²) in [4.78, 5) is 6.60. The van der Waals surface area contributed by atoms with Crippen LogP contribution in [0.5, 0.6) is 5.75 Å². The molecule has 160 valence electrons. The number of ether oxygens (including phenoxy) is 1. The highest BCUT2D eigenvalue weighted by atomic mass is 32.2. The first-order valence-electron chi connectivity index (χ1n) is 9.67. The molecule has 0 amide bonds. The monoisotopic (exact) mass is 429 g/mol. The molecule has 3 aromatic rings. The molecule has 0 saturated heterocycles. The van der Waals surface area contributed by atoms with E-state index in [0.717, 1.165) is 18.5 Å². The maximum atomic E-state index is 13.3. The Hall–Kier alpha value is -2.84. The van der Waals surface area contributed by atoms with Gasteiger partial charge in [0.1, 0.15) is 5.75 Å². The molecule has 0 atom stereocenters. The highest BCUT2D eigenvalue weighted by Gasteiger charge is 2.28. The van der Waals surface area contributed by atoms with E-state index in [4.69, 9.17) is 9.15 Å². The van der Waals surface area contributed by atoms with Crippen LogP contribution in [0, 0.1) is 6.92 Å². The van der Waals surface area contributed by atoms with E-state index in [9.17, 15) is 8.42 Å². The number of aromatic nitrogens is 1. The van der Waals surface area contributed by atoms with E-state index < -0.39 is 9.84 Å². The average Bonchev–Trinajstić information content (AvgIpc) is 3.16. The minimum atomic E-state index is -3.84. The zero-order chi connectivity index (χ0) is 21.7. The van der Waals surface area contributed by atoms with Crippen LogP contribution in [-0.2, 0) is 9.84 Å². The fourth-order valence-electron chi connectivity index (χ4n) is 2.88. The molecule has 1 N–H and O–H groups in total. The zero-order valence-corrected chi connectivity index (χ0v) is 18.5. The Kier molecular flexibility index (Phi) is 6.79. The molecule has 0 bridgehead atoms. The Balaban J connectivity index is 1.97. The van der Waals surface area contributed by atoms with Crippen LogP contribution in [-0.4, -0.2) is 52.6 Å². The third-order valence-corrected chi connectivity index (χ3v) is 6.27. The van der Waals surface area contributed by atoms with Gasteiger partial charge < -0.3 is 19.4 Å². The number of anilines is 1. The van der Waals surface area contributed by atoms with Crippen LogP contribution in [0.15, 0.2) is 62.9 Å². The number of methoxy groups -OCH3 is 1. The molecule has 7 nitrogen and oxygen atoms in total. The molecule has 0 unspecified atom stereocenters. The summed E-state index contributed by atoms with van der Waals surface area (Å²) in [6.45, 7) is 3.34. The SMILES string of the molecule is COc1ccc(-c2nc(S(=O)(=O)c3ccc(C)cc3)c(NCCCN(C)C)o2)cc1. The van der Waals surface area contributed by atoms with Gasteiger partial charge in [-0.15, -0.1) is 0 Å². The van der Waals surface area contributed by atoms with Crippen LogP contribution in [0.1, 0.15) is 12.0 Å². The predicted molar refractivity (Wildman–Crippen MR) is 117 cm³/mol. The van der Waals surface area contributed by atoms with Gasteiger partial charge in [-0.3, -0.25) is 0 Å². The van der Waals surface area contributed by atoms with Crippen LogP contribution in [0.25, 0.3) is 11.5 Å². The minimum absolute atomic E-state index is 0.109. The molecule has 0 aliphatic rings. The molecule has 8 heteroatoms. The molecule has 0 radical (unpaired) electrons. The number of rotatable bonds is 9. The summed E-state index contributed by atoms with van der Waals surface area (Å²) in [5.74, 6) is 1.08. The maximum absolute atomic E-state index is 13.3. The Labute approximate surface area is 177 Å². The van der Waals surface area contributed by atoms with E-state index in [1.807, 2.05) is 21.0 Å². The molecule has 1 aromatic heterocycles. The van der Waals surface area contributed by atoms with Crippen molar-refractivity contribution >= 4 is 15.7 Å². The lowest BCUT2D eigenvalue weighted by atomic mass is 10.2. The molecule has 3 rings (SSSR count). The molecule has 0 spiro atoms. The van der Waals surface area contributed by atoms with E-state index in [1.54, 1.807) is 55.6 Å². The fraction of sp³-hybridized carbons (Fsp3) is 0.318. The Bertz CT molecular complexity index is 1070. The first-order chi connectivity index (χ1) is 14.3. The summed E-state index contributed by atoms with van der Waals surface area (Å²) < 4.78 is 37.6. The minimum Gasteiger partial charge on any atom is -0.497 e. The van der Waals surface area contributed by atoms with Crippen molar-refractivity contribution in [3.05, 3.63) is 54.1 Å². The number of benzene rings is 2. The first kappa shape index (κ1) is 21.9. The summed E-state index contributed by atoms with van der Waals surface area (Å²) in [6.07, 6.45) is 0.829. The lowest BCUT2D eigenvalue weighted by Gasteiger charge is -2.10. The number of hydrogen-bond acceptors (Lipinski definition) is 7. The second kappa shape index (κ2) is 9.32. The predicted octanol–water partition coefficient (Wildman–Crippen LogP) is 3.86. The van der Waals surface area contributed by atoms with E-state index >= 15 is 0 Å². The van der Waals surface area contributed by atoms with Crippen molar-refractivity contribution < 1.29 is 17.6 Å². The summed E-state index contributed by atoms with van der Waals surface area (Å²) in [6, 6.07) is 13.8. The number of nitrogens with one attached hydrogen (secondary N) is 1. The van der Waals surface area contributed by atoms with Gasteiger partial charge in [-0.2, -0.15) is 4.98 Å². The normalized spacial score (nSPS) is 11.6. The quantitative estimate of drug-likeness (QED) is 0.517. The summed E-state index contributed by atoms with van der Waals surface area (Å²) in [7, 11) is 1.72. The van der Waals surface area contributed by atoms with Gasteiger partial charge in [0.05, 0.1) is 12.0 Å². The molecule has 0 aliphatic heterocycles. The van der Waals surface area contributed by atoms with Crippen LogP contribution in [0.3, 0.4) is 0 Å².